The molecule has 4 heteroatoms. The summed E-state index contributed by atoms with van der Waals surface area (Å²) in [6.45, 7) is 1.77. The molecule has 0 radical (unpaired) electrons. The van der Waals surface area contributed by atoms with Gasteiger partial charge >= 0.3 is 5.97 Å². The minimum atomic E-state index is -0.146. The van der Waals surface area contributed by atoms with Crippen LogP contribution in [0.1, 0.15) is 17.0 Å². The van der Waals surface area contributed by atoms with Crippen LogP contribution in [-0.2, 0) is 16.1 Å². The van der Waals surface area contributed by atoms with Crippen LogP contribution in [-0.4, -0.2) is 26.2 Å². The Bertz CT molecular complexity index is 639. The summed E-state index contributed by atoms with van der Waals surface area (Å²) < 4.78 is 10.7. The van der Waals surface area contributed by atoms with Crippen molar-refractivity contribution < 1.29 is 14.3 Å². The van der Waals surface area contributed by atoms with E-state index in [2.05, 4.69) is 5.32 Å². The van der Waals surface area contributed by atoms with Crippen LogP contribution in [0.5, 0.6) is 5.75 Å². The van der Waals surface area contributed by atoms with Crippen molar-refractivity contribution in [1.29, 1.82) is 0 Å². The Morgan fingerprint density at radius 2 is 1.83 bits per heavy atom. The van der Waals surface area contributed by atoms with Crippen LogP contribution < -0.4 is 10.1 Å². The zero-order chi connectivity index (χ0) is 16.1. The largest absolute Gasteiger partial charge is 0.497 e. The first-order valence-electron chi connectivity index (χ1n) is 7.83. The molecule has 1 N–H and O–H groups in total. The molecule has 120 valence electrons. The smallest absolute Gasteiger partial charge is 0.311 e. The number of methoxy groups -OCH3 is 1. The molecule has 0 aliphatic carbocycles. The molecule has 2 atom stereocenters. The summed E-state index contributed by atoms with van der Waals surface area (Å²) >= 11 is 0. The number of benzene rings is 2. The number of esters is 1. The molecule has 1 saturated heterocycles. The fourth-order valence-electron chi connectivity index (χ4n) is 2.96. The highest BCUT2D eigenvalue weighted by Crippen LogP contribution is 2.30. The molecular weight excluding hydrogens is 290 g/mol. The highest BCUT2D eigenvalue weighted by Gasteiger charge is 2.35. The molecule has 0 saturated carbocycles. The minimum absolute atomic E-state index is 0.139. The third-order valence-electron chi connectivity index (χ3n) is 4.28. The van der Waals surface area contributed by atoms with E-state index in [9.17, 15) is 4.79 Å². The summed E-state index contributed by atoms with van der Waals surface area (Å²) in [4.78, 5) is 12.4. The quantitative estimate of drug-likeness (QED) is 0.863. The van der Waals surface area contributed by atoms with Crippen LogP contribution in [0.2, 0.25) is 0 Å². The highest BCUT2D eigenvalue weighted by atomic mass is 16.5. The lowest BCUT2D eigenvalue weighted by Crippen LogP contribution is -2.24. The van der Waals surface area contributed by atoms with Crippen molar-refractivity contribution in [2.45, 2.75) is 12.5 Å². The van der Waals surface area contributed by atoms with Gasteiger partial charge in [-0.2, -0.15) is 0 Å². The lowest BCUT2D eigenvalue weighted by atomic mass is 9.89. The maximum atomic E-state index is 12.4. The van der Waals surface area contributed by atoms with Crippen molar-refractivity contribution in [2.24, 2.45) is 5.92 Å². The zero-order valence-electron chi connectivity index (χ0n) is 13.2. The van der Waals surface area contributed by atoms with E-state index in [1.165, 1.54) is 0 Å². The zero-order valence-corrected chi connectivity index (χ0v) is 13.2. The predicted octanol–water partition coefficient (Wildman–Crippen LogP) is 2.74. The fraction of sp³-hybridized carbons (Fsp3) is 0.316. The van der Waals surface area contributed by atoms with Gasteiger partial charge in [0.25, 0.3) is 0 Å². The summed E-state index contributed by atoms with van der Waals surface area (Å²) in [5.74, 6) is 0.680. The first kappa shape index (κ1) is 15.6. The molecule has 0 aromatic heterocycles. The molecule has 3 rings (SSSR count). The van der Waals surface area contributed by atoms with E-state index >= 15 is 0 Å². The average Bonchev–Trinajstić information content (AvgIpc) is 3.10. The van der Waals surface area contributed by atoms with Crippen LogP contribution >= 0.6 is 0 Å². The molecular formula is C19H21NO3. The van der Waals surface area contributed by atoms with Crippen molar-refractivity contribution in [3.05, 3.63) is 65.7 Å². The monoisotopic (exact) mass is 311 g/mol. The lowest BCUT2D eigenvalue weighted by Gasteiger charge is -2.18. The van der Waals surface area contributed by atoms with Gasteiger partial charge in [0.2, 0.25) is 0 Å². The molecule has 1 fully saturated rings. The number of nitrogens with one attached hydrogen (secondary N) is 1. The van der Waals surface area contributed by atoms with Crippen LogP contribution in [0.15, 0.2) is 54.6 Å². The van der Waals surface area contributed by atoms with Gasteiger partial charge in [-0.05, 0) is 23.3 Å². The third kappa shape index (κ3) is 3.71. The molecule has 2 unspecified atom stereocenters. The highest BCUT2D eigenvalue weighted by molar-refractivity contribution is 5.74. The molecule has 0 amide bonds. The van der Waals surface area contributed by atoms with Gasteiger partial charge in [-0.15, -0.1) is 0 Å². The van der Waals surface area contributed by atoms with E-state index < -0.39 is 0 Å². The SMILES string of the molecule is COc1ccc(C2CNCC2C(=O)OCc2ccccc2)cc1. The van der Waals surface area contributed by atoms with Crippen LogP contribution in [0.25, 0.3) is 0 Å². The Kier molecular flexibility index (Phi) is 4.93. The topological polar surface area (TPSA) is 47.6 Å². The molecule has 1 heterocycles. The summed E-state index contributed by atoms with van der Waals surface area (Å²) in [7, 11) is 1.65. The van der Waals surface area contributed by atoms with E-state index in [1.54, 1.807) is 7.11 Å². The first-order chi connectivity index (χ1) is 11.3. The summed E-state index contributed by atoms with van der Waals surface area (Å²) in [6, 6.07) is 17.7. The molecule has 0 bridgehead atoms. The second-order valence-electron chi connectivity index (χ2n) is 5.74. The molecule has 2 aromatic rings. The van der Waals surface area contributed by atoms with E-state index in [0.717, 1.165) is 23.4 Å². The van der Waals surface area contributed by atoms with Gasteiger partial charge in [-0.3, -0.25) is 4.79 Å². The molecule has 2 aromatic carbocycles. The second-order valence-corrected chi connectivity index (χ2v) is 5.74. The van der Waals surface area contributed by atoms with E-state index in [1.807, 2.05) is 54.6 Å². The van der Waals surface area contributed by atoms with Crippen molar-refractivity contribution in [3.63, 3.8) is 0 Å². The number of carbonyl (C=O) groups is 1. The van der Waals surface area contributed by atoms with Gasteiger partial charge in [0.1, 0.15) is 12.4 Å². The van der Waals surface area contributed by atoms with E-state index in [-0.39, 0.29) is 17.8 Å². The van der Waals surface area contributed by atoms with E-state index in [0.29, 0.717) is 13.2 Å². The Hall–Kier alpha value is -2.33. The molecule has 23 heavy (non-hydrogen) atoms. The Labute approximate surface area is 136 Å². The van der Waals surface area contributed by atoms with Gasteiger partial charge in [-0.25, -0.2) is 0 Å². The van der Waals surface area contributed by atoms with Gasteiger partial charge in [0, 0.05) is 19.0 Å². The standard InChI is InChI=1S/C19H21NO3/c1-22-16-9-7-15(8-10-16)17-11-20-12-18(17)19(21)23-13-14-5-3-2-4-6-14/h2-10,17-18,20H,11-13H2,1H3. The van der Waals surface area contributed by atoms with Crippen LogP contribution in [0, 0.1) is 5.92 Å². The molecule has 1 aliphatic heterocycles. The van der Waals surface area contributed by atoms with Crippen LogP contribution in [0.3, 0.4) is 0 Å². The predicted molar refractivity (Wildman–Crippen MR) is 88.3 cm³/mol. The maximum Gasteiger partial charge on any atom is 0.311 e. The van der Waals surface area contributed by atoms with Gasteiger partial charge in [-0.1, -0.05) is 42.5 Å². The molecule has 1 aliphatic rings. The Balaban J connectivity index is 1.64. The Morgan fingerprint density at radius 3 is 2.52 bits per heavy atom. The number of carbonyl (C=O) groups excluding carboxylic acids is 1. The van der Waals surface area contributed by atoms with Gasteiger partial charge < -0.3 is 14.8 Å². The molecule has 0 spiro atoms. The summed E-state index contributed by atoms with van der Waals surface area (Å²) in [5, 5.41) is 3.30. The first-order valence-corrected chi connectivity index (χ1v) is 7.83. The van der Waals surface area contributed by atoms with Gasteiger partial charge in [0.15, 0.2) is 0 Å². The third-order valence-corrected chi connectivity index (χ3v) is 4.28. The fourth-order valence-corrected chi connectivity index (χ4v) is 2.96. The molecule has 4 nitrogen and oxygen atoms in total. The number of hydrogen-bond donors (Lipinski definition) is 1. The van der Waals surface area contributed by atoms with Crippen LogP contribution in [0.4, 0.5) is 0 Å². The van der Waals surface area contributed by atoms with Crippen molar-refractivity contribution in [3.8, 4) is 5.75 Å². The normalized spacial score (nSPS) is 20.2. The van der Waals surface area contributed by atoms with Gasteiger partial charge in [0.05, 0.1) is 13.0 Å². The lowest BCUT2D eigenvalue weighted by molar-refractivity contribution is -0.149. The van der Waals surface area contributed by atoms with Crippen molar-refractivity contribution >= 4 is 5.97 Å². The number of rotatable bonds is 5. The summed E-state index contributed by atoms with van der Waals surface area (Å²) in [5.41, 5.74) is 2.14. The average molecular weight is 311 g/mol. The maximum absolute atomic E-state index is 12.4. The van der Waals surface area contributed by atoms with Crippen molar-refractivity contribution in [1.82, 2.24) is 5.32 Å². The second kappa shape index (κ2) is 7.29. The summed E-state index contributed by atoms with van der Waals surface area (Å²) in [6.07, 6.45) is 0. The van der Waals surface area contributed by atoms with Crippen molar-refractivity contribution in [2.75, 3.05) is 20.2 Å². The number of hydrogen-bond acceptors (Lipinski definition) is 4. The number of ether oxygens (including phenoxy) is 2. The Morgan fingerprint density at radius 1 is 1.09 bits per heavy atom. The van der Waals surface area contributed by atoms with E-state index in [4.69, 9.17) is 9.47 Å². The minimum Gasteiger partial charge on any atom is -0.497 e.